The van der Waals surface area contributed by atoms with Crippen molar-refractivity contribution in [2.75, 3.05) is 7.05 Å². The molecule has 0 bridgehead atoms. The van der Waals surface area contributed by atoms with Crippen LogP contribution in [-0.4, -0.2) is 35.0 Å². The average molecular weight is 303 g/mol. The molecular formula is C10H11ClN4O3S. The number of rotatable bonds is 4. The van der Waals surface area contributed by atoms with Crippen molar-refractivity contribution in [2.24, 2.45) is 0 Å². The number of halogens is 1. The predicted octanol–water partition coefficient (Wildman–Crippen LogP) is 0.572. The normalized spacial score (nSPS) is 11.9. The first kappa shape index (κ1) is 13.8. The Balaban J connectivity index is 2.31. The van der Waals surface area contributed by atoms with E-state index in [-0.39, 0.29) is 16.5 Å². The second-order valence-corrected chi connectivity index (χ2v) is 6.33. The maximum Gasteiger partial charge on any atom is 0.266 e. The number of aromatic nitrogens is 3. The van der Waals surface area contributed by atoms with Gasteiger partial charge in [-0.15, -0.1) is 0 Å². The van der Waals surface area contributed by atoms with Crippen LogP contribution in [-0.2, 0) is 16.6 Å². The summed E-state index contributed by atoms with van der Waals surface area (Å²) < 4.78 is 25.6. The third-order valence-electron chi connectivity index (χ3n) is 2.50. The van der Waals surface area contributed by atoms with E-state index in [0.717, 1.165) is 22.1 Å². The maximum atomic E-state index is 12.2. The summed E-state index contributed by atoms with van der Waals surface area (Å²) in [5, 5.41) is 6.17. The van der Waals surface area contributed by atoms with Crippen molar-refractivity contribution in [1.82, 2.24) is 19.5 Å². The Morgan fingerprint density at radius 2 is 2.16 bits per heavy atom. The van der Waals surface area contributed by atoms with Crippen LogP contribution in [0.25, 0.3) is 0 Å². The SMILES string of the molecule is CN(Cc1cn[nH]c1)S(=O)(=O)c1c[nH]c(=O)c(Cl)c1. The molecule has 0 unspecified atom stereocenters. The molecule has 9 heteroatoms. The standard InChI is InChI=1S/C10H11ClN4O3S/c1-15(6-7-3-13-14-4-7)19(17,18)8-2-9(11)10(16)12-5-8/h2-5H,6H2,1H3,(H,12,16)(H,13,14). The Kier molecular flexibility index (Phi) is 3.74. The number of hydrogen-bond acceptors (Lipinski definition) is 4. The third kappa shape index (κ3) is 2.86. The second-order valence-electron chi connectivity index (χ2n) is 3.88. The van der Waals surface area contributed by atoms with Crippen LogP contribution in [0.3, 0.4) is 0 Å². The summed E-state index contributed by atoms with van der Waals surface area (Å²) in [5.41, 5.74) is 0.194. The van der Waals surface area contributed by atoms with Crippen LogP contribution in [0.2, 0.25) is 5.02 Å². The molecule has 0 aliphatic carbocycles. The molecule has 2 aromatic rings. The zero-order valence-corrected chi connectivity index (χ0v) is 11.5. The van der Waals surface area contributed by atoms with Crippen LogP contribution in [0, 0.1) is 0 Å². The quantitative estimate of drug-likeness (QED) is 0.862. The predicted molar refractivity (Wildman–Crippen MR) is 69.3 cm³/mol. The molecule has 0 radical (unpaired) electrons. The number of hydrogen-bond donors (Lipinski definition) is 2. The maximum absolute atomic E-state index is 12.2. The number of nitrogens with zero attached hydrogens (tertiary/aromatic N) is 2. The zero-order chi connectivity index (χ0) is 14.0. The van der Waals surface area contributed by atoms with Crippen molar-refractivity contribution < 1.29 is 8.42 Å². The van der Waals surface area contributed by atoms with Crippen molar-refractivity contribution in [3.05, 3.63) is 45.6 Å². The largest absolute Gasteiger partial charge is 0.326 e. The van der Waals surface area contributed by atoms with Crippen LogP contribution in [0.1, 0.15) is 5.56 Å². The molecule has 0 spiro atoms. The van der Waals surface area contributed by atoms with E-state index in [0.29, 0.717) is 0 Å². The summed E-state index contributed by atoms with van der Waals surface area (Å²) in [6.07, 6.45) is 4.26. The number of nitrogens with one attached hydrogen (secondary N) is 2. The van der Waals surface area contributed by atoms with Crippen molar-refractivity contribution in [3.8, 4) is 0 Å². The topological polar surface area (TPSA) is 98.9 Å². The fraction of sp³-hybridized carbons (Fsp3) is 0.200. The van der Waals surface area contributed by atoms with Gasteiger partial charge in [-0.05, 0) is 6.07 Å². The number of sulfonamides is 1. The molecule has 0 saturated carbocycles. The molecule has 7 nitrogen and oxygen atoms in total. The fourth-order valence-corrected chi connectivity index (χ4v) is 2.86. The number of H-pyrrole nitrogens is 2. The highest BCUT2D eigenvalue weighted by atomic mass is 35.5. The smallest absolute Gasteiger partial charge is 0.266 e. The van der Waals surface area contributed by atoms with Gasteiger partial charge in [-0.1, -0.05) is 11.6 Å². The first-order valence-corrected chi connectivity index (χ1v) is 7.05. The molecule has 0 amide bonds. The van der Waals surface area contributed by atoms with Gasteiger partial charge in [0.2, 0.25) is 10.0 Å². The monoisotopic (exact) mass is 302 g/mol. The minimum Gasteiger partial charge on any atom is -0.326 e. The van der Waals surface area contributed by atoms with E-state index in [1.54, 1.807) is 6.20 Å². The minimum absolute atomic E-state index is 0.0666. The van der Waals surface area contributed by atoms with Gasteiger partial charge in [0.05, 0.1) is 11.1 Å². The molecule has 2 N–H and O–H groups in total. The molecule has 0 fully saturated rings. The Morgan fingerprint density at radius 3 is 2.74 bits per heavy atom. The summed E-state index contributed by atoms with van der Waals surface area (Å²) in [5.74, 6) is 0. The highest BCUT2D eigenvalue weighted by Gasteiger charge is 2.22. The van der Waals surface area contributed by atoms with Gasteiger partial charge in [0.15, 0.2) is 0 Å². The van der Waals surface area contributed by atoms with Crippen molar-refractivity contribution in [2.45, 2.75) is 11.4 Å². The molecule has 102 valence electrons. The highest BCUT2D eigenvalue weighted by molar-refractivity contribution is 7.89. The van der Waals surface area contributed by atoms with Crippen LogP contribution in [0.5, 0.6) is 0 Å². The van der Waals surface area contributed by atoms with E-state index in [9.17, 15) is 13.2 Å². The van der Waals surface area contributed by atoms with Gasteiger partial charge >= 0.3 is 0 Å². The first-order valence-electron chi connectivity index (χ1n) is 5.23. The molecular weight excluding hydrogens is 292 g/mol. The van der Waals surface area contributed by atoms with Crippen molar-refractivity contribution >= 4 is 21.6 Å². The second kappa shape index (κ2) is 5.16. The summed E-state index contributed by atoms with van der Waals surface area (Å²) in [6.45, 7) is 0.162. The fourth-order valence-electron chi connectivity index (χ4n) is 1.47. The molecule has 2 heterocycles. The van der Waals surface area contributed by atoms with E-state index in [1.165, 1.54) is 13.2 Å². The van der Waals surface area contributed by atoms with E-state index >= 15 is 0 Å². The molecule has 0 aliphatic heterocycles. The minimum atomic E-state index is -3.72. The van der Waals surface area contributed by atoms with Gasteiger partial charge < -0.3 is 4.98 Å². The van der Waals surface area contributed by atoms with Gasteiger partial charge in [-0.3, -0.25) is 9.89 Å². The Hall–Kier alpha value is -1.64. The molecule has 0 aromatic carbocycles. The molecule has 2 rings (SSSR count). The van der Waals surface area contributed by atoms with Gasteiger partial charge in [0.1, 0.15) is 5.02 Å². The zero-order valence-electron chi connectivity index (χ0n) is 9.92. The average Bonchev–Trinajstić information content (AvgIpc) is 2.85. The van der Waals surface area contributed by atoms with Gasteiger partial charge in [0, 0.05) is 31.5 Å². The van der Waals surface area contributed by atoms with E-state index < -0.39 is 15.6 Å². The van der Waals surface area contributed by atoms with E-state index in [2.05, 4.69) is 15.2 Å². The molecule has 0 saturated heterocycles. The summed E-state index contributed by atoms with van der Waals surface area (Å²) >= 11 is 5.63. The lowest BCUT2D eigenvalue weighted by Gasteiger charge is -2.16. The lowest BCUT2D eigenvalue weighted by molar-refractivity contribution is 0.466. The highest BCUT2D eigenvalue weighted by Crippen LogP contribution is 2.16. The molecule has 0 aliphatic rings. The van der Waals surface area contributed by atoms with E-state index in [4.69, 9.17) is 11.6 Å². The Bertz CT molecular complexity index is 723. The number of pyridine rings is 1. The molecule has 19 heavy (non-hydrogen) atoms. The van der Waals surface area contributed by atoms with Crippen molar-refractivity contribution in [3.63, 3.8) is 0 Å². The van der Waals surface area contributed by atoms with Crippen LogP contribution in [0.4, 0.5) is 0 Å². The summed E-state index contributed by atoms with van der Waals surface area (Å²) in [6, 6.07) is 1.13. The lowest BCUT2D eigenvalue weighted by Crippen LogP contribution is -2.27. The lowest BCUT2D eigenvalue weighted by atomic mass is 10.4. The van der Waals surface area contributed by atoms with Gasteiger partial charge in [-0.25, -0.2) is 8.42 Å². The number of aromatic amines is 2. The van der Waals surface area contributed by atoms with Crippen LogP contribution in [0.15, 0.2) is 34.3 Å². The Morgan fingerprint density at radius 1 is 1.42 bits per heavy atom. The Labute approximate surface area is 114 Å². The third-order valence-corrected chi connectivity index (χ3v) is 4.56. The van der Waals surface area contributed by atoms with Crippen molar-refractivity contribution in [1.29, 1.82) is 0 Å². The summed E-state index contributed by atoms with van der Waals surface area (Å²) in [4.78, 5) is 13.3. The van der Waals surface area contributed by atoms with Crippen LogP contribution >= 0.6 is 11.6 Å². The first-order chi connectivity index (χ1) is 8.91. The van der Waals surface area contributed by atoms with Crippen LogP contribution < -0.4 is 5.56 Å². The van der Waals surface area contributed by atoms with Gasteiger partial charge in [-0.2, -0.15) is 9.40 Å². The molecule has 0 atom stereocenters. The van der Waals surface area contributed by atoms with Gasteiger partial charge in [0.25, 0.3) is 5.56 Å². The van der Waals surface area contributed by atoms with E-state index in [1.807, 2.05) is 0 Å². The molecule has 2 aromatic heterocycles. The summed E-state index contributed by atoms with van der Waals surface area (Å²) in [7, 11) is -2.29.